The van der Waals surface area contributed by atoms with Gasteiger partial charge in [-0.3, -0.25) is 34.2 Å². The number of nitro groups is 1. The van der Waals surface area contributed by atoms with Crippen LogP contribution in [0.25, 0.3) is 17.0 Å². The van der Waals surface area contributed by atoms with E-state index in [1.807, 2.05) is 0 Å². The van der Waals surface area contributed by atoms with Crippen molar-refractivity contribution < 1.29 is 28.8 Å². The molecule has 1 aromatic heterocycles. The van der Waals surface area contributed by atoms with Crippen LogP contribution >= 0.6 is 11.8 Å². The fourth-order valence-corrected chi connectivity index (χ4v) is 3.09. The van der Waals surface area contributed by atoms with E-state index in [1.54, 1.807) is 0 Å². The molecule has 1 aromatic carbocycles. The molecule has 2 amide bonds. The van der Waals surface area contributed by atoms with E-state index in [2.05, 4.69) is 0 Å². The Hall–Kier alpha value is -3.47. The summed E-state index contributed by atoms with van der Waals surface area (Å²) in [6.45, 7) is -0.791. The summed E-state index contributed by atoms with van der Waals surface area (Å²) in [6, 6.07) is 3.51. The van der Waals surface area contributed by atoms with Crippen LogP contribution in [0.4, 0.5) is 10.5 Å². The average molecular weight is 376 g/mol. The molecule has 10 nitrogen and oxygen atoms in total. The van der Waals surface area contributed by atoms with Crippen molar-refractivity contribution in [1.29, 1.82) is 0 Å². The molecule has 1 saturated heterocycles. The Morgan fingerprint density at radius 1 is 1.35 bits per heavy atom. The van der Waals surface area contributed by atoms with Crippen molar-refractivity contribution in [3.05, 3.63) is 55.3 Å². The van der Waals surface area contributed by atoms with E-state index in [4.69, 9.17) is 9.52 Å². The van der Waals surface area contributed by atoms with Gasteiger partial charge >= 0.3 is 5.97 Å². The fourth-order valence-electron chi connectivity index (χ4n) is 2.26. The van der Waals surface area contributed by atoms with Crippen LogP contribution < -0.4 is 5.43 Å². The van der Waals surface area contributed by atoms with Crippen LogP contribution in [0.3, 0.4) is 0 Å². The van der Waals surface area contributed by atoms with Gasteiger partial charge in [0.25, 0.3) is 16.8 Å². The van der Waals surface area contributed by atoms with E-state index in [0.29, 0.717) is 16.7 Å². The van der Waals surface area contributed by atoms with Gasteiger partial charge in [-0.1, -0.05) is 0 Å². The van der Waals surface area contributed by atoms with Crippen LogP contribution in [0, 0.1) is 10.1 Å². The third-order valence-corrected chi connectivity index (χ3v) is 4.35. The number of carboxylic acids is 1. The highest BCUT2D eigenvalue weighted by molar-refractivity contribution is 8.18. The van der Waals surface area contributed by atoms with E-state index < -0.39 is 34.0 Å². The molecule has 132 valence electrons. The Morgan fingerprint density at radius 2 is 2.08 bits per heavy atom. The van der Waals surface area contributed by atoms with Crippen LogP contribution in [0.15, 0.2) is 38.6 Å². The number of non-ortho nitro benzene ring substituents is 1. The van der Waals surface area contributed by atoms with Crippen molar-refractivity contribution in [2.75, 3.05) is 6.54 Å². The first-order valence-electron chi connectivity index (χ1n) is 6.95. The maximum absolute atomic E-state index is 12.5. The smallest absolute Gasteiger partial charge is 0.323 e. The minimum atomic E-state index is -1.36. The molecule has 0 saturated carbocycles. The zero-order chi connectivity index (χ0) is 19.0. The van der Waals surface area contributed by atoms with Crippen molar-refractivity contribution in [3.8, 4) is 0 Å². The number of aliphatic carboxylic acids is 1. The van der Waals surface area contributed by atoms with Crippen LogP contribution in [0.2, 0.25) is 0 Å². The summed E-state index contributed by atoms with van der Waals surface area (Å²) in [6.07, 6.45) is 2.15. The number of carboxylic acid groups (broad SMARTS) is 1. The Labute approximate surface area is 147 Å². The van der Waals surface area contributed by atoms with Gasteiger partial charge in [-0.2, -0.15) is 0 Å². The molecular formula is C15H8N2O8S. The minimum absolute atomic E-state index is 0.0577. The van der Waals surface area contributed by atoms with Crippen molar-refractivity contribution in [1.82, 2.24) is 4.90 Å². The maximum Gasteiger partial charge on any atom is 0.323 e. The topological polar surface area (TPSA) is 148 Å². The molecule has 0 unspecified atom stereocenters. The largest absolute Gasteiger partial charge is 0.480 e. The van der Waals surface area contributed by atoms with Crippen molar-refractivity contribution in [2.24, 2.45) is 0 Å². The van der Waals surface area contributed by atoms with E-state index in [-0.39, 0.29) is 27.1 Å². The number of carbonyl (C=O) groups is 3. The number of fused-ring (bicyclic) bond motifs is 1. The number of nitro benzene ring substituents is 1. The highest BCUT2D eigenvalue weighted by atomic mass is 32.2. The van der Waals surface area contributed by atoms with Gasteiger partial charge in [0.1, 0.15) is 18.4 Å². The number of imide groups is 1. The molecule has 1 fully saturated rings. The number of hydrogen-bond acceptors (Lipinski definition) is 8. The van der Waals surface area contributed by atoms with Gasteiger partial charge in [0.2, 0.25) is 0 Å². The highest BCUT2D eigenvalue weighted by Gasteiger charge is 2.36. The van der Waals surface area contributed by atoms with Gasteiger partial charge in [-0.15, -0.1) is 0 Å². The molecule has 0 aliphatic carbocycles. The summed E-state index contributed by atoms with van der Waals surface area (Å²) in [5.74, 6) is -2.20. The van der Waals surface area contributed by atoms with Crippen molar-refractivity contribution >= 4 is 51.6 Å². The molecule has 11 heteroatoms. The average Bonchev–Trinajstić information content (AvgIpc) is 2.84. The molecule has 0 radical (unpaired) electrons. The first kappa shape index (κ1) is 17.4. The van der Waals surface area contributed by atoms with Crippen molar-refractivity contribution in [3.63, 3.8) is 0 Å². The van der Waals surface area contributed by atoms with Gasteiger partial charge in [-0.05, 0) is 23.9 Å². The quantitative estimate of drug-likeness (QED) is 0.479. The van der Waals surface area contributed by atoms with Gasteiger partial charge < -0.3 is 9.52 Å². The van der Waals surface area contributed by atoms with Crippen LogP contribution in [-0.4, -0.2) is 38.6 Å². The van der Waals surface area contributed by atoms with E-state index in [0.717, 1.165) is 18.4 Å². The van der Waals surface area contributed by atoms with Gasteiger partial charge in [0.15, 0.2) is 5.43 Å². The zero-order valence-electron chi connectivity index (χ0n) is 12.7. The standard InChI is InChI=1S/C15H8N2O8S/c18-12(19)5-16-14(21)11(26-15(16)22)3-7-6-25-10-2-1-8(17(23)24)4-9(10)13(7)20/h1-4,6H,5H2,(H,18,19)/b11-3+. The maximum atomic E-state index is 12.5. The predicted molar refractivity (Wildman–Crippen MR) is 89.5 cm³/mol. The van der Waals surface area contributed by atoms with Crippen molar-refractivity contribution in [2.45, 2.75) is 0 Å². The lowest BCUT2D eigenvalue weighted by molar-refractivity contribution is -0.384. The lowest BCUT2D eigenvalue weighted by atomic mass is 10.1. The SMILES string of the molecule is O=C(O)CN1C(=O)S/C(=C/c2coc3ccc([N+](=O)[O-])cc3c2=O)C1=O. The third kappa shape index (κ3) is 3.07. The second kappa shape index (κ2) is 6.44. The molecule has 26 heavy (non-hydrogen) atoms. The Balaban J connectivity index is 2.05. The Kier molecular flexibility index (Phi) is 4.30. The Morgan fingerprint density at radius 3 is 2.73 bits per heavy atom. The summed E-state index contributed by atoms with van der Waals surface area (Å²) >= 11 is 0.487. The number of hydrogen-bond donors (Lipinski definition) is 1. The number of amides is 2. The van der Waals surface area contributed by atoms with Gasteiger partial charge in [0.05, 0.1) is 20.8 Å². The van der Waals surface area contributed by atoms with Crippen LogP contribution in [0.1, 0.15) is 5.56 Å². The molecule has 0 atom stereocenters. The molecule has 2 aromatic rings. The number of nitrogens with zero attached hydrogens (tertiary/aromatic N) is 2. The van der Waals surface area contributed by atoms with Crippen LogP contribution in [-0.2, 0) is 9.59 Å². The lowest BCUT2D eigenvalue weighted by Crippen LogP contribution is -2.33. The lowest BCUT2D eigenvalue weighted by Gasteiger charge is -2.07. The van der Waals surface area contributed by atoms with E-state index in [9.17, 15) is 29.3 Å². The van der Waals surface area contributed by atoms with E-state index >= 15 is 0 Å². The summed E-state index contributed by atoms with van der Waals surface area (Å²) in [5.41, 5.74) is -0.903. The van der Waals surface area contributed by atoms with Crippen LogP contribution in [0.5, 0.6) is 0 Å². The molecule has 1 aliphatic rings. The summed E-state index contributed by atoms with van der Waals surface area (Å²) in [4.78, 5) is 57.6. The highest BCUT2D eigenvalue weighted by Crippen LogP contribution is 2.31. The first-order valence-corrected chi connectivity index (χ1v) is 7.76. The summed E-state index contributed by atoms with van der Waals surface area (Å²) in [7, 11) is 0. The molecule has 1 N–H and O–H groups in total. The fraction of sp³-hybridized carbons (Fsp3) is 0.0667. The van der Waals surface area contributed by atoms with Gasteiger partial charge in [0, 0.05) is 12.1 Å². The summed E-state index contributed by atoms with van der Waals surface area (Å²) < 4.78 is 5.24. The summed E-state index contributed by atoms with van der Waals surface area (Å²) in [5, 5.41) is 18.7. The monoisotopic (exact) mass is 376 g/mol. The minimum Gasteiger partial charge on any atom is -0.480 e. The molecule has 2 heterocycles. The van der Waals surface area contributed by atoms with Gasteiger partial charge in [-0.25, -0.2) is 0 Å². The second-order valence-electron chi connectivity index (χ2n) is 5.12. The number of rotatable bonds is 4. The molecular weight excluding hydrogens is 368 g/mol. The molecule has 0 spiro atoms. The molecule has 0 bridgehead atoms. The number of benzene rings is 1. The number of thioether (sulfide) groups is 1. The Bertz CT molecular complexity index is 1070. The molecule has 3 rings (SSSR count). The second-order valence-corrected chi connectivity index (χ2v) is 6.11. The predicted octanol–water partition coefficient (Wildman–Crippen LogP) is 1.82. The third-order valence-electron chi connectivity index (χ3n) is 3.45. The normalized spacial score (nSPS) is 15.8. The number of carbonyl (C=O) groups excluding carboxylic acids is 2. The van der Waals surface area contributed by atoms with E-state index in [1.165, 1.54) is 12.1 Å². The first-order chi connectivity index (χ1) is 12.3. The zero-order valence-corrected chi connectivity index (χ0v) is 13.5. The molecule has 1 aliphatic heterocycles.